The molecule has 0 radical (unpaired) electrons. The van der Waals surface area contributed by atoms with Gasteiger partial charge in [0.2, 0.25) is 0 Å². The van der Waals surface area contributed by atoms with Crippen LogP contribution in [0.3, 0.4) is 0 Å². The first kappa shape index (κ1) is 18.2. The van der Waals surface area contributed by atoms with Gasteiger partial charge in [-0.3, -0.25) is 9.11 Å². The molecule has 11 heteroatoms. The summed E-state index contributed by atoms with van der Waals surface area (Å²) in [6.45, 7) is 0. The second kappa shape index (κ2) is 5.72. The minimum absolute atomic E-state index is 0. The smallest absolute Gasteiger partial charge is 1.00 e. The van der Waals surface area contributed by atoms with E-state index in [0.29, 0.717) is 0 Å². The second-order valence-electron chi connectivity index (χ2n) is 3.90. The van der Waals surface area contributed by atoms with E-state index >= 15 is 0 Å². The molecule has 21 heavy (non-hydrogen) atoms. The van der Waals surface area contributed by atoms with E-state index in [2.05, 4.69) is 0 Å². The Morgan fingerprint density at radius 2 is 1.43 bits per heavy atom. The van der Waals surface area contributed by atoms with Crippen molar-refractivity contribution in [3.63, 3.8) is 0 Å². The van der Waals surface area contributed by atoms with Gasteiger partial charge in [0.15, 0.2) is 11.5 Å². The van der Waals surface area contributed by atoms with Crippen LogP contribution in [-0.2, 0) is 20.2 Å². The summed E-state index contributed by atoms with van der Waals surface area (Å²) < 4.78 is 61.9. The van der Waals surface area contributed by atoms with Crippen LogP contribution in [0, 0.1) is 0 Å². The number of hydrogen-bond donors (Lipinski definition) is 4. The van der Waals surface area contributed by atoms with Crippen LogP contribution in [0.2, 0.25) is 0 Å². The maximum atomic E-state index is 11.0. The molecule has 0 bridgehead atoms. The Balaban J connectivity index is 0.00000220. The molecule has 0 saturated heterocycles. The second-order valence-corrected chi connectivity index (χ2v) is 6.72. The van der Waals surface area contributed by atoms with Gasteiger partial charge >= 0.3 is 29.6 Å². The van der Waals surface area contributed by atoms with Crippen molar-refractivity contribution in [2.24, 2.45) is 0 Å². The molecule has 4 N–H and O–H groups in total. The summed E-state index contributed by atoms with van der Waals surface area (Å²) in [5, 5.41) is 19.0. The molecule has 0 spiro atoms. The number of fused-ring (bicyclic) bond motifs is 1. The first-order chi connectivity index (χ1) is 9.01. The molecule has 0 aromatic heterocycles. The van der Waals surface area contributed by atoms with Crippen LogP contribution in [0.5, 0.6) is 11.5 Å². The van der Waals surface area contributed by atoms with Crippen molar-refractivity contribution >= 4 is 31.0 Å². The molecule has 0 aliphatic carbocycles. The Morgan fingerprint density at radius 3 is 1.90 bits per heavy atom. The Bertz CT molecular complexity index is 924. The van der Waals surface area contributed by atoms with Gasteiger partial charge in [-0.1, -0.05) is 0 Å². The van der Waals surface area contributed by atoms with E-state index in [-0.39, 0.29) is 41.8 Å². The molecule has 0 unspecified atom stereocenters. The molecule has 0 saturated carbocycles. The summed E-state index contributed by atoms with van der Waals surface area (Å²) in [5.74, 6) is -1.89. The van der Waals surface area contributed by atoms with Gasteiger partial charge in [-0.05, 0) is 29.7 Å². The van der Waals surface area contributed by atoms with Crippen LogP contribution in [0.4, 0.5) is 0 Å². The number of phenolic OH excluding ortho intramolecular Hbond substituents is 2. The molecule has 8 nitrogen and oxygen atoms in total. The van der Waals surface area contributed by atoms with E-state index in [9.17, 15) is 27.0 Å². The van der Waals surface area contributed by atoms with Crippen LogP contribution in [0.25, 0.3) is 10.8 Å². The number of aromatic hydroxyl groups is 2. The molecule has 0 fully saturated rings. The van der Waals surface area contributed by atoms with Crippen molar-refractivity contribution in [1.82, 2.24) is 0 Å². The molecule has 0 heterocycles. The van der Waals surface area contributed by atoms with E-state index in [1.807, 2.05) is 0 Å². The minimum atomic E-state index is -4.82. The zero-order valence-electron chi connectivity index (χ0n) is 11.5. The van der Waals surface area contributed by atoms with Gasteiger partial charge < -0.3 is 11.6 Å². The zero-order valence-corrected chi connectivity index (χ0v) is 14.2. The fourth-order valence-electron chi connectivity index (χ4n) is 1.69. The predicted octanol–water partition coefficient (Wildman–Crippen LogP) is -2.14. The molecule has 0 atom stereocenters. The SMILES string of the molecule is O=S(=O)(O)c1ccc2c(O)c(O)c(S(=O)(=O)O)cc2c1.[H-].[Na+]. The Labute approximate surface area is 143 Å². The Morgan fingerprint density at radius 1 is 0.857 bits per heavy atom. The first-order valence-electron chi connectivity index (χ1n) is 4.95. The normalized spacial score (nSPS) is 12.1. The standard InChI is InChI=1S/C10H8O8S2.Na.H/c11-9-7-2-1-6(19(13,14)15)3-5(7)4-8(10(9)12)20(16,17)18;;/h1-4,11-12H,(H,13,14,15)(H,16,17,18);;/q;+1;-1. The summed E-state index contributed by atoms with van der Waals surface area (Å²) in [5.41, 5.74) is 0. The maximum absolute atomic E-state index is 11.0. The van der Waals surface area contributed by atoms with E-state index in [1.54, 1.807) is 0 Å². The minimum Gasteiger partial charge on any atom is -1.00 e. The topological polar surface area (TPSA) is 149 Å². The maximum Gasteiger partial charge on any atom is 1.00 e. The average molecular weight is 344 g/mol. The van der Waals surface area contributed by atoms with Gasteiger partial charge in [-0.25, -0.2) is 0 Å². The van der Waals surface area contributed by atoms with Crippen LogP contribution in [0.15, 0.2) is 34.1 Å². The van der Waals surface area contributed by atoms with E-state index in [1.165, 1.54) is 0 Å². The van der Waals surface area contributed by atoms with E-state index in [4.69, 9.17) is 9.11 Å². The fourth-order valence-corrected chi connectivity index (χ4v) is 2.82. The molecule has 2 aromatic carbocycles. The number of rotatable bonds is 2. The van der Waals surface area contributed by atoms with Crippen molar-refractivity contribution in [1.29, 1.82) is 0 Å². The Kier molecular flexibility index (Phi) is 4.95. The van der Waals surface area contributed by atoms with Crippen molar-refractivity contribution < 1.29 is 67.1 Å². The van der Waals surface area contributed by atoms with Gasteiger partial charge in [0.1, 0.15) is 4.90 Å². The third-order valence-corrected chi connectivity index (χ3v) is 4.31. The molecule has 2 aromatic rings. The zero-order chi connectivity index (χ0) is 15.3. The summed E-state index contributed by atoms with van der Waals surface area (Å²) in [6, 6.07) is 3.69. The fraction of sp³-hybridized carbons (Fsp3) is 0. The van der Waals surface area contributed by atoms with Crippen LogP contribution in [-0.4, -0.2) is 36.2 Å². The first-order valence-corrected chi connectivity index (χ1v) is 7.83. The molecular weight excluding hydrogens is 335 g/mol. The van der Waals surface area contributed by atoms with Crippen LogP contribution in [0.1, 0.15) is 1.43 Å². The third kappa shape index (κ3) is 3.48. The van der Waals surface area contributed by atoms with Crippen LogP contribution >= 0.6 is 0 Å². The van der Waals surface area contributed by atoms with Crippen molar-refractivity contribution in [2.45, 2.75) is 9.79 Å². The Hall–Kier alpha value is -0.880. The largest absolute Gasteiger partial charge is 1.00 e. The third-order valence-electron chi connectivity index (χ3n) is 2.60. The van der Waals surface area contributed by atoms with Crippen molar-refractivity contribution in [2.75, 3.05) is 0 Å². The molecule has 2 rings (SSSR count). The van der Waals surface area contributed by atoms with Gasteiger partial charge in [0.05, 0.1) is 4.90 Å². The molecular formula is C10H9NaO8S2. The van der Waals surface area contributed by atoms with Gasteiger partial charge in [-0.15, -0.1) is 0 Å². The molecule has 110 valence electrons. The summed E-state index contributed by atoms with van der Waals surface area (Å²) in [4.78, 5) is -1.51. The quantitative estimate of drug-likeness (QED) is 0.274. The number of benzene rings is 2. The molecule has 0 aliphatic rings. The van der Waals surface area contributed by atoms with Gasteiger partial charge in [0.25, 0.3) is 20.2 Å². The van der Waals surface area contributed by atoms with Crippen molar-refractivity contribution in [3.05, 3.63) is 24.3 Å². The summed E-state index contributed by atoms with van der Waals surface area (Å²) in [6.07, 6.45) is 0. The predicted molar refractivity (Wildman–Crippen MR) is 68.0 cm³/mol. The van der Waals surface area contributed by atoms with Gasteiger partial charge in [0, 0.05) is 5.39 Å². The van der Waals surface area contributed by atoms with Crippen LogP contribution < -0.4 is 29.6 Å². The average Bonchev–Trinajstić information content (AvgIpc) is 2.30. The van der Waals surface area contributed by atoms with Gasteiger partial charge in [-0.2, -0.15) is 16.8 Å². The van der Waals surface area contributed by atoms with E-state index < -0.39 is 41.5 Å². The van der Waals surface area contributed by atoms with Crippen molar-refractivity contribution in [3.8, 4) is 11.5 Å². The number of hydrogen-bond acceptors (Lipinski definition) is 6. The monoisotopic (exact) mass is 344 g/mol. The number of phenols is 2. The summed E-state index contributed by atoms with van der Waals surface area (Å²) in [7, 11) is -9.34. The summed E-state index contributed by atoms with van der Waals surface area (Å²) >= 11 is 0. The molecule has 0 amide bonds. The van der Waals surface area contributed by atoms with E-state index in [0.717, 1.165) is 24.3 Å². The molecule has 0 aliphatic heterocycles.